The fourth-order valence-corrected chi connectivity index (χ4v) is 4.21. The highest BCUT2D eigenvalue weighted by Gasteiger charge is 2.37. The molecular formula is C19H18N4O3. The lowest BCUT2D eigenvalue weighted by molar-refractivity contribution is 0.0588. The van der Waals surface area contributed by atoms with Crippen molar-refractivity contribution in [3.8, 4) is 11.5 Å². The van der Waals surface area contributed by atoms with Gasteiger partial charge in [0.15, 0.2) is 11.5 Å². The Morgan fingerprint density at radius 1 is 1.19 bits per heavy atom. The molecule has 1 N–H and O–H groups in total. The zero-order valence-corrected chi connectivity index (χ0v) is 14.1. The topological polar surface area (TPSA) is 84.1 Å². The van der Waals surface area contributed by atoms with Gasteiger partial charge in [0, 0.05) is 43.4 Å². The van der Waals surface area contributed by atoms with Crippen LogP contribution in [0.3, 0.4) is 0 Å². The van der Waals surface area contributed by atoms with Gasteiger partial charge in [-0.1, -0.05) is 6.07 Å². The molecule has 3 aromatic rings. The number of carbonyl (C=O) groups is 1. The molecule has 26 heavy (non-hydrogen) atoms. The number of hydrogen-bond acceptors (Lipinski definition) is 4. The highest BCUT2D eigenvalue weighted by molar-refractivity contribution is 5.93. The van der Waals surface area contributed by atoms with Crippen LogP contribution < -0.4 is 5.56 Å². The molecule has 3 aromatic heterocycles. The summed E-state index contributed by atoms with van der Waals surface area (Å²) < 4.78 is 7.21. The van der Waals surface area contributed by atoms with E-state index in [0.717, 1.165) is 12.1 Å². The van der Waals surface area contributed by atoms with Crippen LogP contribution >= 0.6 is 0 Å². The summed E-state index contributed by atoms with van der Waals surface area (Å²) >= 11 is 0. The van der Waals surface area contributed by atoms with E-state index < -0.39 is 0 Å². The summed E-state index contributed by atoms with van der Waals surface area (Å²) in [7, 11) is 0. The van der Waals surface area contributed by atoms with Crippen LogP contribution in [0.15, 0.2) is 51.9 Å². The Morgan fingerprint density at radius 2 is 2.12 bits per heavy atom. The van der Waals surface area contributed by atoms with Gasteiger partial charge in [-0.15, -0.1) is 0 Å². The summed E-state index contributed by atoms with van der Waals surface area (Å²) in [5.41, 5.74) is 2.16. The van der Waals surface area contributed by atoms with Crippen LogP contribution in [0, 0.1) is 5.92 Å². The van der Waals surface area contributed by atoms with E-state index >= 15 is 0 Å². The number of H-pyrrole nitrogens is 1. The smallest absolute Gasteiger partial charge is 0.274 e. The second kappa shape index (κ2) is 5.72. The van der Waals surface area contributed by atoms with Crippen molar-refractivity contribution in [1.82, 2.24) is 19.7 Å². The monoisotopic (exact) mass is 350 g/mol. The summed E-state index contributed by atoms with van der Waals surface area (Å²) in [6.07, 6.45) is 2.61. The molecule has 0 aromatic carbocycles. The normalized spacial score (nSPS) is 21.5. The van der Waals surface area contributed by atoms with Crippen molar-refractivity contribution in [3.63, 3.8) is 0 Å². The molecule has 7 heteroatoms. The molecule has 0 radical (unpaired) electrons. The lowest BCUT2D eigenvalue weighted by Crippen LogP contribution is -2.49. The average molecular weight is 350 g/mol. The Morgan fingerprint density at radius 3 is 2.96 bits per heavy atom. The second-order valence-corrected chi connectivity index (χ2v) is 7.05. The van der Waals surface area contributed by atoms with Crippen LogP contribution in [-0.4, -0.2) is 38.7 Å². The van der Waals surface area contributed by atoms with Gasteiger partial charge in [0.05, 0.1) is 6.26 Å². The van der Waals surface area contributed by atoms with Gasteiger partial charge in [0.1, 0.15) is 5.69 Å². The van der Waals surface area contributed by atoms with Crippen LogP contribution in [0.1, 0.15) is 28.5 Å². The molecule has 1 saturated heterocycles. The van der Waals surface area contributed by atoms with E-state index in [4.69, 9.17) is 4.42 Å². The number of aromatic nitrogens is 3. The van der Waals surface area contributed by atoms with Crippen LogP contribution in [0.5, 0.6) is 0 Å². The first-order chi connectivity index (χ1) is 12.7. The Bertz CT molecular complexity index is 1020. The third-order valence-corrected chi connectivity index (χ3v) is 5.35. The van der Waals surface area contributed by atoms with Crippen molar-refractivity contribution in [2.45, 2.75) is 18.9 Å². The number of rotatable bonds is 2. The van der Waals surface area contributed by atoms with Gasteiger partial charge in [0.25, 0.3) is 11.5 Å². The molecule has 5 heterocycles. The summed E-state index contributed by atoms with van der Waals surface area (Å²) in [5, 5.41) is 7.03. The van der Waals surface area contributed by atoms with Gasteiger partial charge in [-0.3, -0.25) is 14.7 Å². The Kier molecular flexibility index (Phi) is 3.34. The van der Waals surface area contributed by atoms with E-state index in [2.05, 4.69) is 10.2 Å². The minimum absolute atomic E-state index is 0.0485. The lowest BCUT2D eigenvalue weighted by atomic mass is 9.83. The minimum atomic E-state index is -0.0829. The average Bonchev–Trinajstić information content (AvgIpc) is 3.33. The SMILES string of the molecule is O=C(c1cc(-c2ccco2)[nH]n1)N1C[C@@H]2C[C@H](C1)c1cccc(=O)n1C2. The standard InChI is InChI=1S/C19H18N4O3/c24-18-5-1-3-16-13-7-12(10-23(16)18)9-22(11-13)19(25)15-8-14(20-21-15)17-4-2-6-26-17/h1-6,8,12-13H,7,9-11H2,(H,20,21)/t12-,13+/m0/s1. The number of piperidine rings is 1. The van der Waals surface area contributed by atoms with E-state index in [1.54, 1.807) is 30.5 Å². The number of aromatic amines is 1. The number of pyridine rings is 1. The highest BCUT2D eigenvalue weighted by atomic mass is 16.3. The maximum absolute atomic E-state index is 12.9. The molecule has 0 saturated carbocycles. The third-order valence-electron chi connectivity index (χ3n) is 5.35. The van der Waals surface area contributed by atoms with Gasteiger partial charge in [0.2, 0.25) is 0 Å². The number of furan rings is 1. The largest absolute Gasteiger partial charge is 0.463 e. The lowest BCUT2D eigenvalue weighted by Gasteiger charge is -2.42. The Balaban J connectivity index is 1.41. The van der Waals surface area contributed by atoms with Crippen LogP contribution in [-0.2, 0) is 6.54 Å². The molecule has 2 bridgehead atoms. The number of amides is 1. The van der Waals surface area contributed by atoms with Gasteiger partial charge in [-0.05, 0) is 30.5 Å². The van der Waals surface area contributed by atoms with Crippen molar-refractivity contribution >= 4 is 5.91 Å². The quantitative estimate of drug-likeness (QED) is 0.767. The molecule has 1 amide bonds. The van der Waals surface area contributed by atoms with Crippen LogP contribution in [0.2, 0.25) is 0 Å². The van der Waals surface area contributed by atoms with Crippen molar-refractivity contribution < 1.29 is 9.21 Å². The van der Waals surface area contributed by atoms with E-state index in [0.29, 0.717) is 42.7 Å². The first kappa shape index (κ1) is 15.2. The molecule has 5 rings (SSSR count). The molecule has 1 fully saturated rings. The van der Waals surface area contributed by atoms with Crippen molar-refractivity contribution in [2.24, 2.45) is 5.92 Å². The van der Waals surface area contributed by atoms with Gasteiger partial charge in [-0.2, -0.15) is 5.10 Å². The number of fused-ring (bicyclic) bond motifs is 4. The Labute approximate surface area is 149 Å². The predicted molar refractivity (Wildman–Crippen MR) is 93.7 cm³/mol. The maximum Gasteiger partial charge on any atom is 0.274 e. The number of carbonyl (C=O) groups excluding carboxylic acids is 1. The molecule has 2 aliphatic rings. The molecule has 2 aliphatic heterocycles. The number of nitrogens with one attached hydrogen (secondary N) is 1. The van der Waals surface area contributed by atoms with Gasteiger partial charge >= 0.3 is 0 Å². The number of nitrogens with zero attached hydrogens (tertiary/aromatic N) is 3. The van der Waals surface area contributed by atoms with E-state index in [1.807, 2.05) is 21.6 Å². The molecule has 2 atom stereocenters. The molecule has 0 aliphatic carbocycles. The third kappa shape index (κ3) is 2.39. The van der Waals surface area contributed by atoms with Gasteiger partial charge in [-0.25, -0.2) is 0 Å². The molecule has 0 spiro atoms. The number of likely N-dealkylation sites (tertiary alicyclic amines) is 1. The zero-order chi connectivity index (χ0) is 17.7. The summed E-state index contributed by atoms with van der Waals surface area (Å²) in [5.74, 6) is 1.07. The number of hydrogen-bond donors (Lipinski definition) is 1. The predicted octanol–water partition coefficient (Wildman–Crippen LogP) is 2.09. The van der Waals surface area contributed by atoms with Crippen LogP contribution in [0.4, 0.5) is 0 Å². The van der Waals surface area contributed by atoms with Crippen LogP contribution in [0.25, 0.3) is 11.5 Å². The molecule has 132 valence electrons. The van der Waals surface area contributed by atoms with E-state index in [9.17, 15) is 9.59 Å². The summed E-state index contributed by atoms with van der Waals surface area (Å²) in [4.78, 5) is 26.9. The molecule has 7 nitrogen and oxygen atoms in total. The van der Waals surface area contributed by atoms with Crippen molar-refractivity contribution in [3.05, 3.63) is 64.4 Å². The zero-order valence-electron chi connectivity index (χ0n) is 14.1. The van der Waals surface area contributed by atoms with Gasteiger partial charge < -0.3 is 13.9 Å². The highest BCUT2D eigenvalue weighted by Crippen LogP contribution is 2.35. The fourth-order valence-electron chi connectivity index (χ4n) is 4.21. The Hall–Kier alpha value is -3.09. The van der Waals surface area contributed by atoms with Crippen molar-refractivity contribution in [2.75, 3.05) is 13.1 Å². The second-order valence-electron chi connectivity index (χ2n) is 7.05. The molecule has 0 unspecified atom stereocenters. The first-order valence-electron chi connectivity index (χ1n) is 8.77. The van der Waals surface area contributed by atoms with Crippen molar-refractivity contribution in [1.29, 1.82) is 0 Å². The minimum Gasteiger partial charge on any atom is -0.463 e. The van der Waals surface area contributed by atoms with E-state index in [1.165, 1.54) is 0 Å². The summed E-state index contributed by atoms with van der Waals surface area (Å²) in [6.45, 7) is 1.94. The maximum atomic E-state index is 12.9. The molecular weight excluding hydrogens is 332 g/mol. The first-order valence-corrected chi connectivity index (χ1v) is 8.77. The fraction of sp³-hybridized carbons (Fsp3) is 0.316. The summed E-state index contributed by atoms with van der Waals surface area (Å²) in [6, 6.07) is 10.8. The van der Waals surface area contributed by atoms with E-state index in [-0.39, 0.29) is 17.4 Å².